The standard InChI is InChI=1S/C20H18ClN3O/c21-18-8-7-16(24-10-1-2-11-24)12-17(18)20(25)23-13-15-6-5-14-4-3-9-22-19(14)15/h1-4,7-12,15H,5-6,13H2,(H,23,25). The molecule has 1 amide bonds. The van der Waals surface area contributed by atoms with Crippen molar-refractivity contribution in [1.82, 2.24) is 14.9 Å². The summed E-state index contributed by atoms with van der Waals surface area (Å²) >= 11 is 6.25. The van der Waals surface area contributed by atoms with Gasteiger partial charge in [0.15, 0.2) is 0 Å². The first-order valence-electron chi connectivity index (χ1n) is 8.37. The second-order valence-corrected chi connectivity index (χ2v) is 6.66. The van der Waals surface area contributed by atoms with Crippen LogP contribution >= 0.6 is 11.6 Å². The number of halogens is 1. The maximum Gasteiger partial charge on any atom is 0.252 e. The molecule has 4 rings (SSSR count). The average Bonchev–Trinajstić information content (AvgIpc) is 3.30. The first-order chi connectivity index (χ1) is 12.2. The number of carbonyl (C=O) groups is 1. The molecule has 1 aliphatic rings. The molecule has 1 aromatic carbocycles. The van der Waals surface area contributed by atoms with Crippen molar-refractivity contribution in [3.05, 3.63) is 82.9 Å². The van der Waals surface area contributed by atoms with Crippen LogP contribution in [0.1, 0.15) is 34.0 Å². The van der Waals surface area contributed by atoms with Crippen LogP contribution in [-0.2, 0) is 6.42 Å². The van der Waals surface area contributed by atoms with E-state index in [9.17, 15) is 4.79 Å². The Balaban J connectivity index is 1.49. The highest BCUT2D eigenvalue weighted by Gasteiger charge is 2.24. The van der Waals surface area contributed by atoms with Crippen molar-refractivity contribution >= 4 is 17.5 Å². The highest BCUT2D eigenvalue weighted by Crippen LogP contribution is 2.30. The van der Waals surface area contributed by atoms with Gasteiger partial charge < -0.3 is 9.88 Å². The summed E-state index contributed by atoms with van der Waals surface area (Å²) in [7, 11) is 0. The van der Waals surface area contributed by atoms with E-state index >= 15 is 0 Å². The maximum absolute atomic E-state index is 12.6. The van der Waals surface area contributed by atoms with Crippen molar-refractivity contribution in [2.45, 2.75) is 18.8 Å². The van der Waals surface area contributed by atoms with E-state index in [1.807, 2.05) is 53.5 Å². The molecule has 0 saturated carbocycles. The molecule has 126 valence electrons. The Labute approximate surface area is 151 Å². The fraction of sp³-hybridized carbons (Fsp3) is 0.200. The van der Waals surface area contributed by atoms with Crippen LogP contribution in [0.25, 0.3) is 5.69 Å². The van der Waals surface area contributed by atoms with Gasteiger partial charge in [-0.3, -0.25) is 9.78 Å². The molecule has 1 atom stereocenters. The van der Waals surface area contributed by atoms with E-state index in [1.54, 1.807) is 6.07 Å². The Bertz CT molecular complexity index is 905. The van der Waals surface area contributed by atoms with E-state index in [-0.39, 0.29) is 11.8 Å². The van der Waals surface area contributed by atoms with Gasteiger partial charge >= 0.3 is 0 Å². The lowest BCUT2D eigenvalue weighted by molar-refractivity contribution is 0.0951. The Hall–Kier alpha value is -2.59. The third-order valence-electron chi connectivity index (χ3n) is 4.68. The van der Waals surface area contributed by atoms with Gasteiger partial charge in [-0.1, -0.05) is 17.7 Å². The summed E-state index contributed by atoms with van der Waals surface area (Å²) in [5.74, 6) is 0.120. The number of rotatable bonds is 4. The lowest BCUT2D eigenvalue weighted by atomic mass is 10.1. The molecule has 0 aliphatic heterocycles. The number of carbonyl (C=O) groups excluding carboxylic acids is 1. The summed E-state index contributed by atoms with van der Waals surface area (Å²) in [4.78, 5) is 17.1. The Kier molecular flexibility index (Phi) is 4.28. The van der Waals surface area contributed by atoms with Crippen LogP contribution in [0.4, 0.5) is 0 Å². The number of fused-ring (bicyclic) bond motifs is 1. The zero-order chi connectivity index (χ0) is 17.2. The van der Waals surface area contributed by atoms with Gasteiger partial charge in [0.25, 0.3) is 5.91 Å². The van der Waals surface area contributed by atoms with Gasteiger partial charge in [-0.15, -0.1) is 0 Å². The molecule has 0 radical (unpaired) electrons. The number of nitrogens with zero attached hydrogens (tertiary/aromatic N) is 2. The Morgan fingerprint density at radius 3 is 2.92 bits per heavy atom. The van der Waals surface area contributed by atoms with Gasteiger partial charge in [0.1, 0.15) is 0 Å². The van der Waals surface area contributed by atoms with Gasteiger partial charge in [0.2, 0.25) is 0 Å². The van der Waals surface area contributed by atoms with Crippen molar-refractivity contribution in [3.63, 3.8) is 0 Å². The molecule has 1 N–H and O–H groups in total. The van der Waals surface area contributed by atoms with Crippen molar-refractivity contribution in [2.75, 3.05) is 6.54 Å². The molecule has 2 heterocycles. The number of hydrogen-bond donors (Lipinski definition) is 1. The Morgan fingerprint density at radius 2 is 2.08 bits per heavy atom. The summed E-state index contributed by atoms with van der Waals surface area (Å²) < 4.78 is 1.95. The minimum Gasteiger partial charge on any atom is -0.351 e. The molecule has 0 spiro atoms. The molecule has 0 bridgehead atoms. The summed E-state index contributed by atoms with van der Waals surface area (Å²) in [6, 6.07) is 13.4. The lowest BCUT2D eigenvalue weighted by Gasteiger charge is -2.13. The zero-order valence-corrected chi connectivity index (χ0v) is 14.4. The highest BCUT2D eigenvalue weighted by atomic mass is 35.5. The van der Waals surface area contributed by atoms with Crippen molar-refractivity contribution in [2.24, 2.45) is 0 Å². The Morgan fingerprint density at radius 1 is 1.24 bits per heavy atom. The molecule has 25 heavy (non-hydrogen) atoms. The number of hydrogen-bond acceptors (Lipinski definition) is 2. The molecule has 1 aliphatic carbocycles. The largest absolute Gasteiger partial charge is 0.351 e. The van der Waals surface area contributed by atoms with E-state index in [2.05, 4.69) is 16.4 Å². The van der Waals surface area contributed by atoms with Gasteiger partial charge in [0, 0.05) is 42.4 Å². The molecule has 1 unspecified atom stereocenters. The molecule has 2 aromatic heterocycles. The summed E-state index contributed by atoms with van der Waals surface area (Å²) in [6.07, 6.45) is 7.73. The van der Waals surface area contributed by atoms with Crippen LogP contribution in [0.3, 0.4) is 0 Å². The van der Waals surface area contributed by atoms with E-state index in [0.29, 0.717) is 17.1 Å². The third-order valence-corrected chi connectivity index (χ3v) is 5.01. The molecular formula is C20H18ClN3O. The van der Waals surface area contributed by atoms with Crippen molar-refractivity contribution in [3.8, 4) is 5.69 Å². The molecule has 0 saturated heterocycles. The topological polar surface area (TPSA) is 46.9 Å². The van der Waals surface area contributed by atoms with Crippen molar-refractivity contribution in [1.29, 1.82) is 0 Å². The molecule has 3 aromatic rings. The van der Waals surface area contributed by atoms with Gasteiger partial charge in [-0.05, 0) is 54.8 Å². The monoisotopic (exact) mass is 351 g/mol. The summed E-state index contributed by atoms with van der Waals surface area (Å²) in [6.45, 7) is 0.576. The molecular weight excluding hydrogens is 334 g/mol. The molecule has 0 fully saturated rings. The van der Waals surface area contributed by atoms with E-state index < -0.39 is 0 Å². The maximum atomic E-state index is 12.6. The number of aryl methyl sites for hydroxylation is 1. The fourth-order valence-electron chi connectivity index (χ4n) is 3.36. The summed E-state index contributed by atoms with van der Waals surface area (Å²) in [5.41, 5.74) is 3.80. The SMILES string of the molecule is O=C(NCC1CCc2cccnc21)c1cc(-n2cccc2)ccc1Cl. The van der Waals surface area contributed by atoms with Crippen LogP contribution < -0.4 is 5.32 Å². The van der Waals surface area contributed by atoms with Crippen LogP contribution in [0.5, 0.6) is 0 Å². The van der Waals surface area contributed by atoms with Gasteiger partial charge in [-0.2, -0.15) is 0 Å². The minimum atomic E-state index is -0.150. The normalized spacial score (nSPS) is 15.8. The van der Waals surface area contributed by atoms with Gasteiger partial charge in [0.05, 0.1) is 10.6 Å². The number of pyridine rings is 1. The third kappa shape index (κ3) is 3.17. The first-order valence-corrected chi connectivity index (χ1v) is 8.75. The second-order valence-electron chi connectivity index (χ2n) is 6.25. The number of aromatic nitrogens is 2. The molecule has 5 heteroatoms. The summed E-state index contributed by atoms with van der Waals surface area (Å²) in [5, 5.41) is 3.48. The van der Waals surface area contributed by atoms with E-state index in [0.717, 1.165) is 24.2 Å². The number of nitrogens with one attached hydrogen (secondary N) is 1. The van der Waals surface area contributed by atoms with Crippen LogP contribution in [0.2, 0.25) is 5.02 Å². The average molecular weight is 352 g/mol. The zero-order valence-electron chi connectivity index (χ0n) is 13.7. The van der Waals surface area contributed by atoms with Crippen LogP contribution in [-0.4, -0.2) is 22.0 Å². The predicted octanol–water partition coefficient (Wildman–Crippen LogP) is 3.99. The first kappa shape index (κ1) is 15.9. The van der Waals surface area contributed by atoms with E-state index in [4.69, 9.17) is 11.6 Å². The quantitative estimate of drug-likeness (QED) is 0.772. The predicted molar refractivity (Wildman–Crippen MR) is 98.4 cm³/mol. The van der Waals surface area contributed by atoms with Crippen LogP contribution in [0.15, 0.2) is 61.1 Å². The second kappa shape index (κ2) is 6.73. The number of benzene rings is 1. The van der Waals surface area contributed by atoms with Crippen LogP contribution in [0, 0.1) is 0 Å². The minimum absolute atomic E-state index is 0.150. The fourth-order valence-corrected chi connectivity index (χ4v) is 3.56. The molecule has 4 nitrogen and oxygen atoms in total. The van der Waals surface area contributed by atoms with Crippen molar-refractivity contribution < 1.29 is 4.79 Å². The number of amides is 1. The smallest absolute Gasteiger partial charge is 0.252 e. The highest BCUT2D eigenvalue weighted by molar-refractivity contribution is 6.33. The lowest BCUT2D eigenvalue weighted by Crippen LogP contribution is -2.28. The van der Waals surface area contributed by atoms with E-state index in [1.165, 1.54) is 5.56 Å². The van der Waals surface area contributed by atoms with Gasteiger partial charge in [-0.25, -0.2) is 0 Å².